The summed E-state index contributed by atoms with van der Waals surface area (Å²) in [6, 6.07) is 1.80. The van der Waals surface area contributed by atoms with Crippen LogP contribution in [0.4, 0.5) is 0 Å². The fourth-order valence-corrected chi connectivity index (χ4v) is 2.71. The highest BCUT2D eigenvalue weighted by molar-refractivity contribution is 7.99. The minimum atomic E-state index is -0.920. The Labute approximate surface area is 120 Å². The van der Waals surface area contributed by atoms with Crippen LogP contribution < -0.4 is 5.56 Å². The molecule has 108 valence electrons. The maximum Gasteiger partial charge on any atom is 0.313 e. The lowest BCUT2D eigenvalue weighted by Crippen LogP contribution is -2.24. The normalized spacial score (nSPS) is 11.1. The van der Waals surface area contributed by atoms with Gasteiger partial charge >= 0.3 is 5.97 Å². The van der Waals surface area contributed by atoms with E-state index in [0.717, 1.165) is 30.3 Å². The summed E-state index contributed by atoms with van der Waals surface area (Å²) in [5.41, 5.74) is 1.81. The monoisotopic (exact) mass is 295 g/mol. The molecule has 2 aromatic heterocycles. The molecule has 0 saturated carbocycles. The zero-order valence-corrected chi connectivity index (χ0v) is 12.3. The Bertz CT molecular complexity index is 690. The summed E-state index contributed by atoms with van der Waals surface area (Å²) in [5.74, 6) is -1.02. The van der Waals surface area contributed by atoms with E-state index in [9.17, 15) is 9.59 Å². The van der Waals surface area contributed by atoms with E-state index in [2.05, 4.69) is 9.97 Å². The predicted octanol–water partition coefficient (Wildman–Crippen LogP) is 2.01. The Morgan fingerprint density at radius 3 is 2.95 bits per heavy atom. The lowest BCUT2D eigenvalue weighted by molar-refractivity contribution is -0.133. The van der Waals surface area contributed by atoms with E-state index >= 15 is 0 Å². The largest absolute Gasteiger partial charge is 0.481 e. The van der Waals surface area contributed by atoms with E-state index in [1.165, 1.54) is 0 Å². The molecule has 2 N–H and O–H groups in total. The number of nitrogens with one attached hydrogen (secondary N) is 1. The maximum atomic E-state index is 12.4. The molecular formula is C13H17N3O3S. The fraction of sp³-hybridized carbons (Fsp3) is 0.462. The quantitative estimate of drug-likeness (QED) is 0.628. The average Bonchev–Trinajstić information content (AvgIpc) is 2.76. The van der Waals surface area contributed by atoms with Gasteiger partial charge in [0.25, 0.3) is 5.56 Å². The molecule has 0 radical (unpaired) electrons. The Morgan fingerprint density at radius 2 is 2.30 bits per heavy atom. The van der Waals surface area contributed by atoms with E-state index in [1.54, 1.807) is 10.6 Å². The van der Waals surface area contributed by atoms with E-state index in [0.29, 0.717) is 22.7 Å². The van der Waals surface area contributed by atoms with Gasteiger partial charge in [-0.25, -0.2) is 4.98 Å². The first-order valence-electron chi connectivity index (χ1n) is 6.47. The topological polar surface area (TPSA) is 88.0 Å². The molecule has 0 saturated heterocycles. The van der Waals surface area contributed by atoms with E-state index in [1.807, 2.05) is 13.8 Å². The van der Waals surface area contributed by atoms with Gasteiger partial charge in [0.1, 0.15) is 5.52 Å². The van der Waals surface area contributed by atoms with Gasteiger partial charge in [0.2, 0.25) is 0 Å². The third-order valence-corrected chi connectivity index (χ3v) is 3.86. The molecule has 20 heavy (non-hydrogen) atoms. The maximum absolute atomic E-state index is 12.4. The van der Waals surface area contributed by atoms with Crippen LogP contribution in [0.1, 0.15) is 25.5 Å². The second-order valence-electron chi connectivity index (χ2n) is 4.60. The summed E-state index contributed by atoms with van der Waals surface area (Å²) in [6.07, 6.45) is 1.81. The molecule has 2 heterocycles. The number of aliphatic carboxylic acids is 1. The average molecular weight is 295 g/mol. The van der Waals surface area contributed by atoms with Crippen LogP contribution >= 0.6 is 11.8 Å². The molecule has 0 spiro atoms. The van der Waals surface area contributed by atoms with Crippen molar-refractivity contribution >= 4 is 28.8 Å². The van der Waals surface area contributed by atoms with E-state index in [4.69, 9.17) is 5.11 Å². The van der Waals surface area contributed by atoms with Gasteiger partial charge < -0.3 is 10.1 Å². The van der Waals surface area contributed by atoms with Crippen LogP contribution in [0.3, 0.4) is 0 Å². The predicted molar refractivity (Wildman–Crippen MR) is 78.4 cm³/mol. The molecular weight excluding hydrogens is 278 g/mol. The SMILES string of the molecule is CCCCn1c(SCC(=O)O)nc2cc(C)[nH]c2c1=O. The molecule has 2 rings (SSSR count). The third kappa shape index (κ3) is 3.04. The van der Waals surface area contributed by atoms with Crippen molar-refractivity contribution in [3.05, 3.63) is 22.1 Å². The van der Waals surface area contributed by atoms with Crippen LogP contribution in [-0.2, 0) is 11.3 Å². The Kier molecular flexibility index (Phi) is 4.49. The molecule has 0 bridgehead atoms. The number of H-pyrrole nitrogens is 1. The molecule has 0 atom stereocenters. The molecule has 2 aromatic rings. The molecule has 0 aliphatic rings. The van der Waals surface area contributed by atoms with Crippen molar-refractivity contribution in [3.63, 3.8) is 0 Å². The first-order chi connectivity index (χ1) is 9.52. The molecule has 0 aliphatic carbocycles. The Hall–Kier alpha value is -1.76. The molecule has 0 unspecified atom stereocenters. The van der Waals surface area contributed by atoms with E-state index in [-0.39, 0.29) is 11.3 Å². The number of carboxylic acid groups (broad SMARTS) is 1. The van der Waals surface area contributed by atoms with Crippen LogP contribution in [0.25, 0.3) is 11.0 Å². The number of fused-ring (bicyclic) bond motifs is 1. The molecule has 7 heteroatoms. The van der Waals surface area contributed by atoms with Gasteiger partial charge in [-0.2, -0.15) is 0 Å². The minimum absolute atomic E-state index is 0.104. The van der Waals surface area contributed by atoms with Crippen molar-refractivity contribution in [2.24, 2.45) is 0 Å². The first-order valence-corrected chi connectivity index (χ1v) is 7.46. The number of hydrogen-bond acceptors (Lipinski definition) is 4. The first kappa shape index (κ1) is 14.6. The fourth-order valence-electron chi connectivity index (χ4n) is 1.96. The van der Waals surface area contributed by atoms with E-state index < -0.39 is 5.97 Å². The highest BCUT2D eigenvalue weighted by atomic mass is 32.2. The number of carboxylic acids is 1. The standard InChI is InChI=1S/C13H17N3O3S/c1-3-4-5-16-12(19)11-9(6-8(2)14-11)15-13(16)20-7-10(17)18/h6,14H,3-5,7H2,1-2H3,(H,17,18). The zero-order valence-electron chi connectivity index (χ0n) is 11.5. The van der Waals surface area contributed by atoms with Gasteiger partial charge in [-0.15, -0.1) is 0 Å². The van der Waals surface area contributed by atoms with Crippen molar-refractivity contribution < 1.29 is 9.90 Å². The summed E-state index contributed by atoms with van der Waals surface area (Å²) in [7, 11) is 0. The van der Waals surface area contributed by atoms with Gasteiger partial charge in [-0.1, -0.05) is 25.1 Å². The second kappa shape index (κ2) is 6.13. The summed E-state index contributed by atoms with van der Waals surface area (Å²) in [6.45, 7) is 4.46. The van der Waals surface area contributed by atoms with Crippen LogP contribution in [-0.4, -0.2) is 31.4 Å². The highest BCUT2D eigenvalue weighted by Gasteiger charge is 2.14. The number of aromatic nitrogens is 3. The highest BCUT2D eigenvalue weighted by Crippen LogP contribution is 2.18. The molecule has 0 aliphatic heterocycles. The molecule has 0 amide bonds. The van der Waals surface area contributed by atoms with Crippen LogP contribution in [0.15, 0.2) is 16.0 Å². The van der Waals surface area contributed by atoms with Crippen LogP contribution in [0, 0.1) is 6.92 Å². The number of aromatic amines is 1. The summed E-state index contributed by atoms with van der Waals surface area (Å²) >= 11 is 1.08. The van der Waals surface area contributed by atoms with Gasteiger partial charge in [0, 0.05) is 12.2 Å². The Balaban J connectivity index is 2.50. The van der Waals surface area contributed by atoms with Crippen molar-refractivity contribution in [1.29, 1.82) is 0 Å². The number of aryl methyl sites for hydroxylation is 1. The van der Waals surface area contributed by atoms with Gasteiger partial charge in [0.15, 0.2) is 5.16 Å². The number of rotatable bonds is 6. The Morgan fingerprint density at radius 1 is 1.55 bits per heavy atom. The molecule has 6 nitrogen and oxygen atoms in total. The summed E-state index contributed by atoms with van der Waals surface area (Å²) in [5, 5.41) is 9.26. The third-order valence-electron chi connectivity index (χ3n) is 2.90. The van der Waals surface area contributed by atoms with Gasteiger partial charge in [-0.3, -0.25) is 14.2 Å². The lowest BCUT2D eigenvalue weighted by Gasteiger charge is -2.10. The number of nitrogens with zero attached hydrogens (tertiary/aromatic N) is 2. The number of hydrogen-bond donors (Lipinski definition) is 2. The van der Waals surface area contributed by atoms with Gasteiger partial charge in [0.05, 0.1) is 11.3 Å². The van der Waals surface area contributed by atoms with Crippen molar-refractivity contribution in [1.82, 2.24) is 14.5 Å². The zero-order chi connectivity index (χ0) is 14.7. The van der Waals surface area contributed by atoms with Crippen LogP contribution in [0.2, 0.25) is 0 Å². The minimum Gasteiger partial charge on any atom is -0.481 e. The second-order valence-corrected chi connectivity index (χ2v) is 5.54. The summed E-state index contributed by atoms with van der Waals surface area (Å²) in [4.78, 5) is 30.6. The number of unbranched alkanes of at least 4 members (excludes halogenated alkanes) is 1. The van der Waals surface area contributed by atoms with Gasteiger partial charge in [-0.05, 0) is 19.4 Å². The van der Waals surface area contributed by atoms with Crippen molar-refractivity contribution in [2.45, 2.75) is 38.4 Å². The molecule has 0 fully saturated rings. The number of carbonyl (C=O) groups is 1. The van der Waals surface area contributed by atoms with Crippen molar-refractivity contribution in [3.8, 4) is 0 Å². The van der Waals surface area contributed by atoms with Crippen molar-refractivity contribution in [2.75, 3.05) is 5.75 Å². The van der Waals surface area contributed by atoms with Crippen LogP contribution in [0.5, 0.6) is 0 Å². The smallest absolute Gasteiger partial charge is 0.313 e. The number of thioether (sulfide) groups is 1. The lowest BCUT2D eigenvalue weighted by atomic mass is 10.3. The summed E-state index contributed by atoms with van der Waals surface area (Å²) < 4.78 is 1.56. The molecule has 0 aromatic carbocycles.